The zero-order chi connectivity index (χ0) is 16.8. The molecule has 0 amide bonds. The van der Waals surface area contributed by atoms with Crippen LogP contribution in [0.25, 0.3) is 11.3 Å². The average Bonchev–Trinajstić information content (AvgIpc) is 2.56. The second-order valence-electron chi connectivity index (χ2n) is 5.74. The van der Waals surface area contributed by atoms with Gasteiger partial charge in [0.2, 0.25) is 0 Å². The third-order valence-electron chi connectivity index (χ3n) is 3.83. The van der Waals surface area contributed by atoms with Gasteiger partial charge < -0.3 is 10.4 Å². The van der Waals surface area contributed by atoms with Gasteiger partial charge in [-0.05, 0) is 30.4 Å². The van der Waals surface area contributed by atoms with Gasteiger partial charge in [-0.25, -0.2) is 9.37 Å². The Morgan fingerprint density at radius 2 is 1.96 bits per heavy atom. The molecule has 1 atom stereocenters. The van der Waals surface area contributed by atoms with Crippen molar-refractivity contribution in [2.45, 2.75) is 31.3 Å². The maximum Gasteiger partial charge on any atom is 0.146 e. The second kappa shape index (κ2) is 8.43. The third kappa shape index (κ3) is 4.53. The third-order valence-corrected chi connectivity index (χ3v) is 4.63. The number of halogens is 1. The van der Waals surface area contributed by atoms with E-state index in [0.717, 1.165) is 16.2 Å². The molecule has 5 heteroatoms. The Morgan fingerprint density at radius 1 is 1.22 bits per heavy atom. The fourth-order valence-corrected chi connectivity index (χ4v) is 2.96. The van der Waals surface area contributed by atoms with E-state index in [4.69, 9.17) is 0 Å². The van der Waals surface area contributed by atoms with Gasteiger partial charge in [0.25, 0.3) is 0 Å². The van der Waals surface area contributed by atoms with Gasteiger partial charge in [0.1, 0.15) is 5.82 Å². The fraction of sp³-hybridized carbons (Fsp3) is 0.389. The molecule has 1 aromatic heterocycles. The monoisotopic (exact) mass is 334 g/mol. The molecule has 0 aliphatic carbocycles. The number of aromatic nitrogens is 1. The summed E-state index contributed by atoms with van der Waals surface area (Å²) in [7, 11) is 0. The summed E-state index contributed by atoms with van der Waals surface area (Å²) in [5.74, 6) is -0.0632. The molecule has 2 rings (SSSR count). The van der Waals surface area contributed by atoms with Crippen LogP contribution >= 0.6 is 11.8 Å². The molecule has 0 aliphatic heterocycles. The standard InChI is InChI=1S/C18H23FN2OS/c1-12(2)17(11-22)20-10-16-14(19)8-9-15(21-16)13-6-4-5-7-18(13)23-3/h4-9,12,17,20,22H,10-11H2,1-3H3/t17-/m0/s1. The van der Waals surface area contributed by atoms with E-state index in [1.54, 1.807) is 17.8 Å². The molecule has 1 aromatic carbocycles. The van der Waals surface area contributed by atoms with Crippen LogP contribution in [0.4, 0.5) is 4.39 Å². The minimum absolute atomic E-state index is 0.0221. The normalized spacial score (nSPS) is 12.6. The lowest BCUT2D eigenvalue weighted by molar-refractivity contribution is 0.209. The van der Waals surface area contributed by atoms with E-state index in [-0.39, 0.29) is 24.4 Å². The van der Waals surface area contributed by atoms with Crippen LogP contribution in [-0.2, 0) is 6.54 Å². The smallest absolute Gasteiger partial charge is 0.146 e. The van der Waals surface area contributed by atoms with Crippen LogP contribution in [0.1, 0.15) is 19.5 Å². The van der Waals surface area contributed by atoms with Gasteiger partial charge in [-0.15, -0.1) is 11.8 Å². The molecule has 3 nitrogen and oxygen atoms in total. The number of aliphatic hydroxyl groups excluding tert-OH is 1. The summed E-state index contributed by atoms with van der Waals surface area (Å²) in [6.45, 7) is 4.35. The van der Waals surface area contributed by atoms with Gasteiger partial charge in [-0.1, -0.05) is 32.0 Å². The SMILES string of the molecule is CSc1ccccc1-c1ccc(F)c(CN[C@@H](CO)C(C)C)n1. The zero-order valence-corrected chi connectivity index (χ0v) is 14.5. The Labute approximate surface area is 141 Å². The number of hydrogen-bond acceptors (Lipinski definition) is 4. The maximum absolute atomic E-state index is 14.1. The number of pyridine rings is 1. The van der Waals surface area contributed by atoms with Crippen LogP contribution in [-0.4, -0.2) is 29.0 Å². The number of rotatable bonds is 7. The van der Waals surface area contributed by atoms with Crippen molar-refractivity contribution in [3.05, 3.63) is 47.9 Å². The molecule has 2 N–H and O–H groups in total. The molecule has 0 saturated carbocycles. The van der Waals surface area contributed by atoms with Gasteiger partial charge in [0.05, 0.1) is 18.0 Å². The molecular formula is C18H23FN2OS. The Morgan fingerprint density at radius 3 is 2.61 bits per heavy atom. The van der Waals surface area contributed by atoms with Gasteiger partial charge in [-0.3, -0.25) is 0 Å². The number of benzene rings is 1. The number of thioether (sulfide) groups is 1. The summed E-state index contributed by atoms with van der Waals surface area (Å²) < 4.78 is 14.1. The quantitative estimate of drug-likeness (QED) is 0.758. The highest BCUT2D eigenvalue weighted by Crippen LogP contribution is 2.29. The molecule has 0 saturated heterocycles. The van der Waals surface area contributed by atoms with Crippen LogP contribution < -0.4 is 5.32 Å². The summed E-state index contributed by atoms with van der Waals surface area (Å²) in [4.78, 5) is 5.60. The molecule has 0 fully saturated rings. The first-order valence-electron chi connectivity index (χ1n) is 7.69. The van der Waals surface area contributed by atoms with Crippen molar-refractivity contribution >= 4 is 11.8 Å². The lowest BCUT2D eigenvalue weighted by atomic mass is 10.1. The average molecular weight is 334 g/mol. The fourth-order valence-electron chi connectivity index (χ4n) is 2.35. The van der Waals surface area contributed by atoms with Crippen LogP contribution in [0, 0.1) is 11.7 Å². The van der Waals surface area contributed by atoms with Gasteiger partial charge in [-0.2, -0.15) is 0 Å². The van der Waals surface area contributed by atoms with Crippen LogP contribution in [0.2, 0.25) is 0 Å². The number of nitrogens with one attached hydrogen (secondary N) is 1. The first-order valence-corrected chi connectivity index (χ1v) is 8.92. The van der Waals surface area contributed by atoms with Crippen LogP contribution in [0.15, 0.2) is 41.3 Å². The highest BCUT2D eigenvalue weighted by molar-refractivity contribution is 7.98. The maximum atomic E-state index is 14.1. The summed E-state index contributed by atoms with van der Waals surface area (Å²) in [5.41, 5.74) is 2.14. The van der Waals surface area contributed by atoms with E-state index in [2.05, 4.69) is 10.3 Å². The molecule has 124 valence electrons. The summed E-state index contributed by atoms with van der Waals surface area (Å²) in [6, 6.07) is 11.1. The van der Waals surface area contributed by atoms with Crippen molar-refractivity contribution in [2.24, 2.45) is 5.92 Å². The lowest BCUT2D eigenvalue weighted by Crippen LogP contribution is -2.36. The van der Waals surface area contributed by atoms with Gasteiger partial charge in [0.15, 0.2) is 0 Å². The minimum atomic E-state index is -0.330. The topological polar surface area (TPSA) is 45.1 Å². The molecule has 0 bridgehead atoms. The molecule has 2 aromatic rings. The number of nitrogens with zero attached hydrogens (tertiary/aromatic N) is 1. The van der Waals surface area contributed by atoms with Crippen molar-refractivity contribution in [2.75, 3.05) is 12.9 Å². The number of hydrogen-bond donors (Lipinski definition) is 2. The van der Waals surface area contributed by atoms with Crippen LogP contribution in [0.3, 0.4) is 0 Å². The molecule has 0 aliphatic rings. The highest BCUT2D eigenvalue weighted by Gasteiger charge is 2.14. The second-order valence-corrected chi connectivity index (χ2v) is 6.59. The lowest BCUT2D eigenvalue weighted by Gasteiger charge is -2.20. The number of aliphatic hydroxyl groups is 1. The first kappa shape index (κ1) is 17.9. The van der Waals surface area contributed by atoms with E-state index >= 15 is 0 Å². The molecule has 23 heavy (non-hydrogen) atoms. The van der Waals surface area contributed by atoms with E-state index < -0.39 is 0 Å². The molecule has 1 heterocycles. The van der Waals surface area contributed by atoms with Crippen molar-refractivity contribution in [1.82, 2.24) is 10.3 Å². The predicted octanol–water partition coefficient (Wildman–Crippen LogP) is 3.72. The van der Waals surface area contributed by atoms with E-state index in [9.17, 15) is 9.50 Å². The molecule has 0 spiro atoms. The Hall–Kier alpha value is -1.43. The summed E-state index contributed by atoms with van der Waals surface area (Å²) >= 11 is 1.64. The Balaban J connectivity index is 2.25. The van der Waals surface area contributed by atoms with Gasteiger partial charge in [0, 0.05) is 23.0 Å². The molecule has 0 unspecified atom stereocenters. The van der Waals surface area contributed by atoms with Crippen molar-refractivity contribution in [1.29, 1.82) is 0 Å². The molecular weight excluding hydrogens is 311 g/mol. The van der Waals surface area contributed by atoms with Crippen molar-refractivity contribution in [3.63, 3.8) is 0 Å². The first-order chi connectivity index (χ1) is 11.1. The minimum Gasteiger partial charge on any atom is -0.395 e. The van der Waals surface area contributed by atoms with Gasteiger partial charge >= 0.3 is 0 Å². The van der Waals surface area contributed by atoms with E-state index in [0.29, 0.717) is 12.2 Å². The largest absolute Gasteiger partial charge is 0.395 e. The molecule has 0 radical (unpaired) electrons. The highest BCUT2D eigenvalue weighted by atomic mass is 32.2. The summed E-state index contributed by atoms with van der Waals surface area (Å²) in [5, 5.41) is 12.5. The predicted molar refractivity (Wildman–Crippen MR) is 94.0 cm³/mol. The zero-order valence-electron chi connectivity index (χ0n) is 13.7. The van der Waals surface area contributed by atoms with E-state index in [1.807, 2.05) is 44.4 Å². The Kier molecular flexibility index (Phi) is 6.57. The summed E-state index contributed by atoms with van der Waals surface area (Å²) in [6.07, 6.45) is 2.01. The van der Waals surface area contributed by atoms with Crippen molar-refractivity contribution in [3.8, 4) is 11.3 Å². The van der Waals surface area contributed by atoms with Crippen LogP contribution in [0.5, 0.6) is 0 Å². The Bertz CT molecular complexity index is 649. The van der Waals surface area contributed by atoms with Crippen molar-refractivity contribution < 1.29 is 9.50 Å². The van der Waals surface area contributed by atoms with E-state index in [1.165, 1.54) is 6.07 Å².